The number of oxazole rings is 1. The molecule has 3 aromatic rings. The molecular weight excluding hydrogens is 266 g/mol. The van der Waals surface area contributed by atoms with E-state index < -0.39 is 0 Å². The summed E-state index contributed by atoms with van der Waals surface area (Å²) in [5, 5.41) is 7.99. The molecular formula is C12H10ClN5O. The highest BCUT2D eigenvalue weighted by atomic mass is 35.5. The Morgan fingerprint density at radius 1 is 1.32 bits per heavy atom. The third kappa shape index (κ3) is 2.58. The van der Waals surface area contributed by atoms with Gasteiger partial charge in [-0.2, -0.15) is 5.10 Å². The number of nitrogens with one attached hydrogen (secondary N) is 1. The molecule has 0 radical (unpaired) electrons. The Hall–Kier alpha value is -2.34. The van der Waals surface area contributed by atoms with E-state index in [-0.39, 0.29) is 0 Å². The summed E-state index contributed by atoms with van der Waals surface area (Å²) in [5.74, 6) is 0.740. The lowest BCUT2D eigenvalue weighted by molar-refractivity contribution is 0.511. The van der Waals surface area contributed by atoms with Gasteiger partial charge in [0.25, 0.3) is 0 Å². The Morgan fingerprint density at radius 3 is 3.00 bits per heavy atom. The third-order valence-electron chi connectivity index (χ3n) is 2.56. The van der Waals surface area contributed by atoms with Gasteiger partial charge in [-0.1, -0.05) is 11.6 Å². The van der Waals surface area contributed by atoms with Crippen molar-refractivity contribution in [3.63, 3.8) is 0 Å². The minimum atomic E-state index is 0.516. The van der Waals surface area contributed by atoms with Crippen LogP contribution in [0.25, 0.3) is 5.69 Å². The lowest BCUT2D eigenvalue weighted by Gasteiger charge is -2.11. The van der Waals surface area contributed by atoms with Crippen LogP contribution in [-0.2, 0) is 6.54 Å². The van der Waals surface area contributed by atoms with Gasteiger partial charge < -0.3 is 9.73 Å². The van der Waals surface area contributed by atoms with E-state index in [1.165, 1.54) is 12.7 Å². The first-order valence-corrected chi connectivity index (χ1v) is 5.96. The number of hydrogen-bond donors (Lipinski definition) is 1. The van der Waals surface area contributed by atoms with Crippen LogP contribution in [0.15, 0.2) is 47.9 Å². The molecule has 0 aliphatic rings. The smallest absolute Gasteiger partial charge is 0.180 e. The Kier molecular flexibility index (Phi) is 3.16. The molecule has 19 heavy (non-hydrogen) atoms. The molecule has 6 nitrogen and oxygen atoms in total. The third-order valence-corrected chi connectivity index (χ3v) is 2.80. The Balaban J connectivity index is 1.88. The summed E-state index contributed by atoms with van der Waals surface area (Å²) >= 11 is 6.02. The molecule has 0 spiro atoms. The molecule has 0 saturated carbocycles. The Morgan fingerprint density at radius 2 is 2.26 bits per heavy atom. The molecule has 1 N–H and O–H groups in total. The molecule has 2 aromatic heterocycles. The van der Waals surface area contributed by atoms with E-state index in [1.807, 2.05) is 12.1 Å². The molecule has 2 heterocycles. The average molecular weight is 276 g/mol. The van der Waals surface area contributed by atoms with Gasteiger partial charge in [0.15, 0.2) is 6.39 Å². The zero-order valence-corrected chi connectivity index (χ0v) is 10.6. The number of hydrogen-bond acceptors (Lipinski definition) is 5. The second-order valence-corrected chi connectivity index (χ2v) is 4.26. The monoisotopic (exact) mass is 275 g/mol. The molecule has 0 amide bonds. The average Bonchev–Trinajstić information content (AvgIpc) is 3.10. The molecule has 0 saturated heterocycles. The normalized spacial score (nSPS) is 10.6. The fourth-order valence-electron chi connectivity index (χ4n) is 1.69. The molecule has 0 bridgehead atoms. The van der Waals surface area contributed by atoms with Gasteiger partial charge >= 0.3 is 0 Å². The SMILES string of the molecule is Clc1ccc(-n2cncn2)c(NCc2cnco2)c1. The maximum absolute atomic E-state index is 6.02. The molecule has 7 heteroatoms. The van der Waals surface area contributed by atoms with Crippen LogP contribution in [-0.4, -0.2) is 19.7 Å². The van der Waals surface area contributed by atoms with Crippen molar-refractivity contribution in [2.45, 2.75) is 6.54 Å². The molecule has 0 aliphatic carbocycles. The zero-order valence-electron chi connectivity index (χ0n) is 9.82. The lowest BCUT2D eigenvalue weighted by Crippen LogP contribution is -2.04. The van der Waals surface area contributed by atoms with E-state index in [1.54, 1.807) is 23.3 Å². The minimum absolute atomic E-state index is 0.516. The molecule has 0 atom stereocenters. The lowest BCUT2D eigenvalue weighted by atomic mass is 10.2. The summed E-state index contributed by atoms with van der Waals surface area (Å²) in [6.07, 6.45) is 6.16. The highest BCUT2D eigenvalue weighted by Crippen LogP contribution is 2.24. The number of halogens is 1. The summed E-state index contributed by atoms with van der Waals surface area (Å²) < 4.78 is 6.84. The van der Waals surface area contributed by atoms with Crippen LogP contribution in [0.1, 0.15) is 5.76 Å². The quantitative estimate of drug-likeness (QED) is 0.792. The highest BCUT2D eigenvalue weighted by Gasteiger charge is 2.07. The van der Waals surface area contributed by atoms with E-state index in [2.05, 4.69) is 20.4 Å². The Bertz CT molecular complexity index is 651. The van der Waals surface area contributed by atoms with Crippen LogP contribution in [0.3, 0.4) is 0 Å². The maximum Gasteiger partial charge on any atom is 0.180 e. The van der Waals surface area contributed by atoms with Gasteiger partial charge in [-0.25, -0.2) is 14.6 Å². The summed E-state index contributed by atoms with van der Waals surface area (Å²) in [4.78, 5) is 7.80. The van der Waals surface area contributed by atoms with Gasteiger partial charge in [0, 0.05) is 5.02 Å². The van der Waals surface area contributed by atoms with Crippen molar-refractivity contribution in [3.8, 4) is 5.69 Å². The van der Waals surface area contributed by atoms with Crippen molar-refractivity contribution in [2.75, 3.05) is 5.32 Å². The molecule has 3 rings (SSSR count). The van der Waals surface area contributed by atoms with Gasteiger partial charge in [-0.15, -0.1) is 0 Å². The van der Waals surface area contributed by atoms with Crippen molar-refractivity contribution in [2.24, 2.45) is 0 Å². The highest BCUT2D eigenvalue weighted by molar-refractivity contribution is 6.31. The molecule has 0 aliphatic heterocycles. The first kappa shape index (κ1) is 11.7. The van der Waals surface area contributed by atoms with Crippen LogP contribution >= 0.6 is 11.6 Å². The molecule has 1 aromatic carbocycles. The largest absolute Gasteiger partial charge is 0.447 e. The number of anilines is 1. The van der Waals surface area contributed by atoms with Gasteiger partial charge in [0.2, 0.25) is 0 Å². The fraction of sp³-hybridized carbons (Fsp3) is 0.0833. The van der Waals surface area contributed by atoms with Crippen LogP contribution in [0.4, 0.5) is 5.69 Å². The van der Waals surface area contributed by atoms with Gasteiger partial charge in [0.1, 0.15) is 18.4 Å². The number of nitrogens with zero attached hydrogens (tertiary/aromatic N) is 4. The number of aromatic nitrogens is 4. The summed E-state index contributed by atoms with van der Waals surface area (Å²) in [7, 11) is 0. The maximum atomic E-state index is 6.02. The van der Waals surface area contributed by atoms with E-state index in [0.717, 1.165) is 17.1 Å². The second-order valence-electron chi connectivity index (χ2n) is 3.82. The number of rotatable bonds is 4. The fourth-order valence-corrected chi connectivity index (χ4v) is 1.87. The van der Waals surface area contributed by atoms with Crippen molar-refractivity contribution in [1.29, 1.82) is 0 Å². The molecule has 0 fully saturated rings. The molecule has 96 valence electrons. The van der Waals surface area contributed by atoms with Crippen molar-refractivity contribution >= 4 is 17.3 Å². The van der Waals surface area contributed by atoms with E-state index in [0.29, 0.717) is 11.6 Å². The predicted molar refractivity (Wildman–Crippen MR) is 70.2 cm³/mol. The summed E-state index contributed by atoms with van der Waals surface area (Å²) in [5.41, 5.74) is 1.70. The van der Waals surface area contributed by atoms with Crippen molar-refractivity contribution in [1.82, 2.24) is 19.7 Å². The first-order valence-electron chi connectivity index (χ1n) is 5.59. The minimum Gasteiger partial charge on any atom is -0.447 e. The van der Waals surface area contributed by atoms with Gasteiger partial charge in [-0.3, -0.25) is 0 Å². The number of benzene rings is 1. The topological polar surface area (TPSA) is 68.8 Å². The first-order chi connectivity index (χ1) is 9.33. The van der Waals surface area contributed by atoms with Crippen molar-refractivity contribution < 1.29 is 4.42 Å². The zero-order chi connectivity index (χ0) is 13.1. The second kappa shape index (κ2) is 5.11. The Labute approximate surface area is 114 Å². The molecule has 0 unspecified atom stereocenters. The van der Waals surface area contributed by atoms with Crippen LogP contribution in [0.5, 0.6) is 0 Å². The van der Waals surface area contributed by atoms with Gasteiger partial charge in [-0.05, 0) is 18.2 Å². The van der Waals surface area contributed by atoms with Crippen LogP contribution in [0, 0.1) is 0 Å². The van der Waals surface area contributed by atoms with Crippen LogP contribution < -0.4 is 5.32 Å². The van der Waals surface area contributed by atoms with E-state index in [9.17, 15) is 0 Å². The van der Waals surface area contributed by atoms with Gasteiger partial charge in [0.05, 0.1) is 24.1 Å². The summed E-state index contributed by atoms with van der Waals surface area (Å²) in [6, 6.07) is 5.51. The van der Waals surface area contributed by atoms with E-state index >= 15 is 0 Å². The summed E-state index contributed by atoms with van der Waals surface area (Å²) in [6.45, 7) is 0.516. The van der Waals surface area contributed by atoms with Crippen LogP contribution in [0.2, 0.25) is 5.02 Å². The van der Waals surface area contributed by atoms with Crippen molar-refractivity contribution in [3.05, 3.63) is 54.2 Å². The predicted octanol–water partition coefficient (Wildman–Crippen LogP) is 2.52. The van der Waals surface area contributed by atoms with E-state index in [4.69, 9.17) is 16.0 Å². The standard InChI is InChI=1S/C12H10ClN5O/c13-9-1-2-12(18-7-15-6-17-18)11(3-9)16-5-10-4-14-8-19-10/h1-4,6-8,16H,5H2.